The van der Waals surface area contributed by atoms with E-state index in [0.717, 1.165) is 0 Å². The van der Waals surface area contributed by atoms with Gasteiger partial charge in [-0.15, -0.1) is 0 Å². The highest BCUT2D eigenvalue weighted by Gasteiger charge is 2.07. The van der Waals surface area contributed by atoms with Crippen LogP contribution in [0.5, 0.6) is 11.5 Å². The van der Waals surface area contributed by atoms with Crippen LogP contribution < -0.4 is 10.5 Å². The number of halogens is 2. The van der Waals surface area contributed by atoms with Gasteiger partial charge < -0.3 is 10.5 Å². The second-order valence-electron chi connectivity index (χ2n) is 3.59. The predicted octanol–water partition coefficient (Wildman–Crippen LogP) is 3.56. The SMILES string of the molecule is N=C(N)c1ccc(Oc2ccccc2F)cc1Cl. The minimum atomic E-state index is -0.454. The van der Waals surface area contributed by atoms with Crippen LogP contribution in [0.2, 0.25) is 5.02 Å². The summed E-state index contributed by atoms with van der Waals surface area (Å²) >= 11 is 5.94. The molecule has 0 bridgehead atoms. The summed E-state index contributed by atoms with van der Waals surface area (Å²) in [7, 11) is 0. The van der Waals surface area contributed by atoms with E-state index < -0.39 is 5.82 Å². The van der Waals surface area contributed by atoms with Crippen molar-refractivity contribution < 1.29 is 9.13 Å². The molecule has 2 aromatic rings. The highest BCUT2D eigenvalue weighted by Crippen LogP contribution is 2.28. The molecule has 0 atom stereocenters. The van der Waals surface area contributed by atoms with Crippen molar-refractivity contribution in [2.75, 3.05) is 0 Å². The van der Waals surface area contributed by atoms with Gasteiger partial charge in [-0.1, -0.05) is 23.7 Å². The lowest BCUT2D eigenvalue weighted by atomic mass is 10.2. The van der Waals surface area contributed by atoms with Crippen LogP contribution in [0.1, 0.15) is 5.56 Å². The van der Waals surface area contributed by atoms with Crippen molar-refractivity contribution in [1.29, 1.82) is 5.41 Å². The van der Waals surface area contributed by atoms with Crippen molar-refractivity contribution in [2.45, 2.75) is 0 Å². The first-order valence-corrected chi connectivity index (χ1v) is 5.52. The van der Waals surface area contributed by atoms with Crippen LogP contribution in [0.25, 0.3) is 0 Å². The number of nitrogens with one attached hydrogen (secondary N) is 1. The molecular formula is C13H10ClFN2O. The maximum Gasteiger partial charge on any atom is 0.165 e. The van der Waals surface area contributed by atoms with E-state index in [1.807, 2.05) is 0 Å². The van der Waals surface area contributed by atoms with Crippen LogP contribution in [0.15, 0.2) is 42.5 Å². The van der Waals surface area contributed by atoms with Crippen LogP contribution in [0.3, 0.4) is 0 Å². The fraction of sp³-hybridized carbons (Fsp3) is 0. The van der Waals surface area contributed by atoms with Gasteiger partial charge in [0.05, 0.1) is 5.02 Å². The van der Waals surface area contributed by atoms with Crippen molar-refractivity contribution in [3.63, 3.8) is 0 Å². The average molecular weight is 265 g/mol. The predicted molar refractivity (Wildman–Crippen MR) is 68.9 cm³/mol. The second kappa shape index (κ2) is 5.06. The molecule has 0 aromatic heterocycles. The first-order valence-electron chi connectivity index (χ1n) is 5.14. The zero-order chi connectivity index (χ0) is 13.1. The summed E-state index contributed by atoms with van der Waals surface area (Å²) in [6.45, 7) is 0. The molecular weight excluding hydrogens is 255 g/mol. The highest BCUT2D eigenvalue weighted by molar-refractivity contribution is 6.34. The first kappa shape index (κ1) is 12.4. The molecule has 0 fully saturated rings. The molecule has 0 unspecified atom stereocenters. The van der Waals surface area contributed by atoms with Crippen molar-refractivity contribution in [2.24, 2.45) is 5.73 Å². The largest absolute Gasteiger partial charge is 0.454 e. The Bertz CT molecular complexity index is 601. The van der Waals surface area contributed by atoms with Gasteiger partial charge in [0.1, 0.15) is 11.6 Å². The van der Waals surface area contributed by atoms with Crippen LogP contribution in [0.4, 0.5) is 4.39 Å². The molecule has 0 saturated carbocycles. The lowest BCUT2D eigenvalue weighted by Gasteiger charge is -2.08. The minimum Gasteiger partial charge on any atom is -0.454 e. The molecule has 0 aliphatic carbocycles. The van der Waals surface area contributed by atoms with Gasteiger partial charge in [-0.3, -0.25) is 5.41 Å². The van der Waals surface area contributed by atoms with Gasteiger partial charge in [0.2, 0.25) is 0 Å². The molecule has 2 rings (SSSR count). The van der Waals surface area contributed by atoms with Gasteiger partial charge in [0, 0.05) is 11.6 Å². The third-order valence-electron chi connectivity index (χ3n) is 2.30. The monoisotopic (exact) mass is 264 g/mol. The van der Waals surface area contributed by atoms with Gasteiger partial charge in [0.15, 0.2) is 11.6 Å². The molecule has 0 aliphatic rings. The molecule has 0 spiro atoms. The molecule has 0 heterocycles. The van der Waals surface area contributed by atoms with Gasteiger partial charge in [-0.25, -0.2) is 4.39 Å². The Morgan fingerprint density at radius 3 is 2.56 bits per heavy atom. The normalized spacial score (nSPS) is 10.1. The van der Waals surface area contributed by atoms with Gasteiger partial charge >= 0.3 is 0 Å². The summed E-state index contributed by atoms with van der Waals surface area (Å²) in [6, 6.07) is 10.7. The number of hydrogen-bond donors (Lipinski definition) is 2. The Morgan fingerprint density at radius 1 is 1.22 bits per heavy atom. The number of nitrogen functional groups attached to an aromatic ring is 1. The molecule has 3 nitrogen and oxygen atoms in total. The number of benzene rings is 2. The summed E-state index contributed by atoms with van der Waals surface area (Å²) in [5.74, 6) is -0.0825. The Hall–Kier alpha value is -2.07. The maximum absolute atomic E-state index is 13.4. The standard InChI is InChI=1S/C13H10ClFN2O/c14-10-7-8(5-6-9(10)13(16)17)18-12-4-2-1-3-11(12)15/h1-7H,(H3,16,17). The summed E-state index contributed by atoms with van der Waals surface area (Å²) in [4.78, 5) is 0. The quantitative estimate of drug-likeness (QED) is 0.658. The number of amidine groups is 1. The molecule has 0 saturated heterocycles. The fourth-order valence-electron chi connectivity index (χ4n) is 1.43. The summed E-state index contributed by atoms with van der Waals surface area (Å²) in [5.41, 5.74) is 5.75. The Morgan fingerprint density at radius 2 is 1.94 bits per heavy atom. The number of para-hydroxylation sites is 1. The lowest BCUT2D eigenvalue weighted by molar-refractivity contribution is 0.442. The van der Waals surface area contributed by atoms with Crippen molar-refractivity contribution >= 4 is 17.4 Å². The van der Waals surface area contributed by atoms with E-state index in [4.69, 9.17) is 27.5 Å². The molecule has 0 amide bonds. The van der Waals surface area contributed by atoms with Crippen molar-refractivity contribution in [3.05, 3.63) is 58.9 Å². The van der Waals surface area contributed by atoms with Gasteiger partial charge in [0.25, 0.3) is 0 Å². The molecule has 0 aliphatic heterocycles. The minimum absolute atomic E-state index is 0.115. The molecule has 2 aromatic carbocycles. The zero-order valence-electron chi connectivity index (χ0n) is 9.28. The highest BCUT2D eigenvalue weighted by atomic mass is 35.5. The Balaban J connectivity index is 2.29. The topological polar surface area (TPSA) is 59.1 Å². The van der Waals surface area contributed by atoms with Crippen molar-refractivity contribution in [1.82, 2.24) is 0 Å². The molecule has 0 radical (unpaired) electrons. The van der Waals surface area contributed by atoms with E-state index in [9.17, 15) is 4.39 Å². The number of nitrogens with two attached hydrogens (primary N) is 1. The van der Waals surface area contributed by atoms with Crippen LogP contribution in [0, 0.1) is 11.2 Å². The van der Waals surface area contributed by atoms with E-state index in [-0.39, 0.29) is 16.6 Å². The summed E-state index contributed by atoms with van der Waals surface area (Å²) in [6.07, 6.45) is 0. The van der Waals surface area contributed by atoms with Crippen LogP contribution in [-0.2, 0) is 0 Å². The Labute approximate surface area is 108 Å². The molecule has 18 heavy (non-hydrogen) atoms. The maximum atomic E-state index is 13.4. The average Bonchev–Trinajstić information content (AvgIpc) is 2.32. The van der Waals surface area contributed by atoms with Gasteiger partial charge in [-0.2, -0.15) is 0 Å². The molecule has 5 heteroatoms. The smallest absolute Gasteiger partial charge is 0.165 e. The number of ether oxygens (including phenoxy) is 1. The first-order chi connectivity index (χ1) is 8.58. The van der Waals surface area contributed by atoms with Crippen molar-refractivity contribution in [3.8, 4) is 11.5 Å². The van der Waals surface area contributed by atoms with Crippen LogP contribution >= 0.6 is 11.6 Å². The molecule has 3 N–H and O–H groups in total. The van der Waals surface area contributed by atoms with E-state index >= 15 is 0 Å². The zero-order valence-corrected chi connectivity index (χ0v) is 10.0. The second-order valence-corrected chi connectivity index (χ2v) is 4.00. The fourth-order valence-corrected chi connectivity index (χ4v) is 1.70. The van der Waals surface area contributed by atoms with E-state index in [1.54, 1.807) is 24.3 Å². The van der Waals surface area contributed by atoms with Gasteiger partial charge in [-0.05, 0) is 24.3 Å². The van der Waals surface area contributed by atoms with Crippen LogP contribution in [-0.4, -0.2) is 5.84 Å². The van der Waals surface area contributed by atoms with E-state index in [1.165, 1.54) is 18.2 Å². The van der Waals surface area contributed by atoms with E-state index in [2.05, 4.69) is 0 Å². The third-order valence-corrected chi connectivity index (χ3v) is 2.61. The number of rotatable bonds is 3. The van der Waals surface area contributed by atoms with E-state index in [0.29, 0.717) is 11.3 Å². The lowest BCUT2D eigenvalue weighted by Crippen LogP contribution is -2.11. The summed E-state index contributed by atoms with van der Waals surface area (Å²) in [5, 5.41) is 7.58. The third kappa shape index (κ3) is 2.60. The Kier molecular flexibility index (Phi) is 3.48. The number of hydrogen-bond acceptors (Lipinski definition) is 2. The molecule has 92 valence electrons. The summed E-state index contributed by atoms with van der Waals surface area (Å²) < 4.78 is 18.7.